The lowest BCUT2D eigenvalue weighted by molar-refractivity contribution is -0.126. The van der Waals surface area contributed by atoms with Crippen LogP contribution in [0, 0.1) is 24.1 Å². The van der Waals surface area contributed by atoms with Crippen LogP contribution in [0.1, 0.15) is 32.3 Å². The molecule has 1 fully saturated rings. The minimum absolute atomic E-state index is 0.0719. The molecule has 0 spiro atoms. The molecule has 2 rings (SSSR count). The Morgan fingerprint density at radius 1 is 1.46 bits per heavy atom. The van der Waals surface area contributed by atoms with Gasteiger partial charge in [0.2, 0.25) is 11.8 Å². The van der Waals surface area contributed by atoms with Crippen molar-refractivity contribution in [3.8, 4) is 0 Å². The Balaban J connectivity index is 1.98. The van der Waals surface area contributed by atoms with Crippen molar-refractivity contribution < 1.29 is 19.1 Å². The van der Waals surface area contributed by atoms with Crippen LogP contribution in [0.2, 0.25) is 0 Å². The maximum absolute atomic E-state index is 13.4. The van der Waals surface area contributed by atoms with Crippen LogP contribution in [0.25, 0.3) is 0 Å². The van der Waals surface area contributed by atoms with E-state index < -0.39 is 5.92 Å². The fourth-order valence-corrected chi connectivity index (χ4v) is 2.79. The van der Waals surface area contributed by atoms with Crippen LogP contribution in [0.3, 0.4) is 0 Å². The minimum Gasteiger partial charge on any atom is -0.396 e. The van der Waals surface area contributed by atoms with Gasteiger partial charge in [0.25, 0.3) is 0 Å². The first kappa shape index (κ1) is 18.4. The van der Waals surface area contributed by atoms with Gasteiger partial charge in [-0.25, -0.2) is 4.39 Å². The Morgan fingerprint density at radius 2 is 2.17 bits per heavy atom. The maximum atomic E-state index is 13.4. The third-order valence-electron chi connectivity index (χ3n) is 4.48. The van der Waals surface area contributed by atoms with E-state index in [0.29, 0.717) is 30.8 Å². The summed E-state index contributed by atoms with van der Waals surface area (Å²) in [5.41, 5.74) is 0.898. The number of carbonyl (C=O) groups is 2. The van der Waals surface area contributed by atoms with Crippen molar-refractivity contribution in [3.63, 3.8) is 0 Å². The van der Waals surface area contributed by atoms with E-state index in [0.717, 1.165) is 0 Å². The van der Waals surface area contributed by atoms with E-state index >= 15 is 0 Å². The van der Waals surface area contributed by atoms with Gasteiger partial charge in [0.1, 0.15) is 5.82 Å². The van der Waals surface area contributed by atoms with Crippen molar-refractivity contribution in [1.29, 1.82) is 0 Å². The van der Waals surface area contributed by atoms with Gasteiger partial charge in [-0.2, -0.15) is 0 Å². The number of aryl methyl sites for hydroxylation is 1. The number of hydrogen-bond acceptors (Lipinski definition) is 3. The van der Waals surface area contributed by atoms with Gasteiger partial charge in [-0.05, 0) is 42.5 Å². The molecule has 1 saturated heterocycles. The highest BCUT2D eigenvalue weighted by Gasteiger charge is 2.35. The third kappa shape index (κ3) is 4.32. The molecule has 2 N–H and O–H groups in total. The van der Waals surface area contributed by atoms with E-state index in [-0.39, 0.29) is 36.1 Å². The Morgan fingerprint density at radius 3 is 2.79 bits per heavy atom. The van der Waals surface area contributed by atoms with Gasteiger partial charge < -0.3 is 15.3 Å². The van der Waals surface area contributed by atoms with E-state index in [1.807, 2.05) is 13.8 Å². The standard InChI is InChI=1S/C18H25FN2O3/c1-12-8-14(4-5-15(12)19)21-10-13(9-16(21)23)17(24)20-11-18(2,3)6-7-22/h4-5,8,13,22H,6-7,9-11H2,1-3H3,(H,20,24). The largest absolute Gasteiger partial charge is 0.396 e. The molecule has 1 atom stereocenters. The second kappa shape index (κ2) is 7.30. The van der Waals surface area contributed by atoms with Crippen LogP contribution in [-0.4, -0.2) is 36.6 Å². The summed E-state index contributed by atoms with van der Waals surface area (Å²) < 4.78 is 13.4. The van der Waals surface area contributed by atoms with Crippen molar-refractivity contribution in [3.05, 3.63) is 29.6 Å². The number of aliphatic hydroxyl groups is 1. The summed E-state index contributed by atoms with van der Waals surface area (Å²) in [4.78, 5) is 26.1. The number of amides is 2. The predicted octanol–water partition coefficient (Wildman–Crippen LogP) is 2.01. The molecule has 1 aliphatic heterocycles. The Labute approximate surface area is 141 Å². The number of benzene rings is 1. The molecule has 6 heteroatoms. The summed E-state index contributed by atoms with van der Waals surface area (Å²) in [6.45, 7) is 6.41. The molecule has 1 aromatic rings. The first-order valence-electron chi connectivity index (χ1n) is 8.18. The van der Waals surface area contributed by atoms with Gasteiger partial charge >= 0.3 is 0 Å². The maximum Gasteiger partial charge on any atom is 0.227 e. The number of rotatable bonds is 6. The van der Waals surface area contributed by atoms with Gasteiger partial charge in [0, 0.05) is 31.8 Å². The Kier molecular flexibility index (Phi) is 5.59. The van der Waals surface area contributed by atoms with Crippen LogP contribution in [0.4, 0.5) is 10.1 Å². The molecule has 0 bridgehead atoms. The number of nitrogens with zero attached hydrogens (tertiary/aromatic N) is 1. The monoisotopic (exact) mass is 336 g/mol. The second-order valence-corrected chi connectivity index (χ2v) is 7.19. The van der Waals surface area contributed by atoms with Crippen molar-refractivity contribution in [2.24, 2.45) is 11.3 Å². The number of carbonyl (C=O) groups excluding carboxylic acids is 2. The van der Waals surface area contributed by atoms with Gasteiger partial charge in [0.15, 0.2) is 0 Å². The van der Waals surface area contributed by atoms with Gasteiger partial charge in [-0.15, -0.1) is 0 Å². The smallest absolute Gasteiger partial charge is 0.227 e. The zero-order chi connectivity index (χ0) is 17.9. The number of halogens is 1. The van der Waals surface area contributed by atoms with Crippen LogP contribution in [0.15, 0.2) is 18.2 Å². The van der Waals surface area contributed by atoms with E-state index in [2.05, 4.69) is 5.32 Å². The first-order chi connectivity index (χ1) is 11.2. The molecule has 0 saturated carbocycles. The summed E-state index contributed by atoms with van der Waals surface area (Å²) in [6.07, 6.45) is 0.751. The molecule has 1 heterocycles. The van der Waals surface area contributed by atoms with Crippen LogP contribution in [-0.2, 0) is 9.59 Å². The number of anilines is 1. The molecule has 132 valence electrons. The van der Waals surface area contributed by atoms with E-state index in [4.69, 9.17) is 5.11 Å². The van der Waals surface area contributed by atoms with Crippen LogP contribution < -0.4 is 10.2 Å². The van der Waals surface area contributed by atoms with Crippen molar-refractivity contribution >= 4 is 17.5 Å². The summed E-state index contributed by atoms with van der Waals surface area (Å²) in [6, 6.07) is 4.52. The lowest BCUT2D eigenvalue weighted by Gasteiger charge is -2.24. The first-order valence-corrected chi connectivity index (χ1v) is 8.18. The van der Waals surface area contributed by atoms with Gasteiger partial charge in [-0.3, -0.25) is 9.59 Å². The summed E-state index contributed by atoms with van der Waals surface area (Å²) >= 11 is 0. The molecule has 24 heavy (non-hydrogen) atoms. The number of aliphatic hydroxyl groups excluding tert-OH is 1. The van der Waals surface area contributed by atoms with E-state index in [1.165, 1.54) is 11.0 Å². The summed E-state index contributed by atoms with van der Waals surface area (Å²) in [7, 11) is 0. The van der Waals surface area contributed by atoms with Crippen molar-refractivity contribution in [2.75, 3.05) is 24.6 Å². The predicted molar refractivity (Wildman–Crippen MR) is 90.1 cm³/mol. The quantitative estimate of drug-likeness (QED) is 0.835. The van der Waals surface area contributed by atoms with E-state index in [1.54, 1.807) is 19.1 Å². The highest BCUT2D eigenvalue weighted by atomic mass is 19.1. The highest BCUT2D eigenvalue weighted by Crippen LogP contribution is 2.27. The molecular weight excluding hydrogens is 311 g/mol. The van der Waals surface area contributed by atoms with E-state index in [9.17, 15) is 14.0 Å². The molecule has 0 aliphatic carbocycles. The molecule has 2 amide bonds. The van der Waals surface area contributed by atoms with Crippen molar-refractivity contribution in [1.82, 2.24) is 5.32 Å². The fourth-order valence-electron chi connectivity index (χ4n) is 2.79. The normalized spacial score (nSPS) is 18.1. The lowest BCUT2D eigenvalue weighted by Crippen LogP contribution is -2.39. The number of hydrogen-bond donors (Lipinski definition) is 2. The average Bonchev–Trinajstić information content (AvgIpc) is 2.90. The molecular formula is C18H25FN2O3. The number of nitrogens with one attached hydrogen (secondary N) is 1. The van der Waals surface area contributed by atoms with Crippen molar-refractivity contribution in [2.45, 2.75) is 33.6 Å². The summed E-state index contributed by atoms with van der Waals surface area (Å²) in [5.74, 6) is -1.01. The second-order valence-electron chi connectivity index (χ2n) is 7.19. The van der Waals surface area contributed by atoms with Crippen LogP contribution in [0.5, 0.6) is 0 Å². The average molecular weight is 336 g/mol. The summed E-state index contributed by atoms with van der Waals surface area (Å²) in [5, 5.41) is 11.9. The molecule has 0 radical (unpaired) electrons. The molecule has 1 aliphatic rings. The van der Waals surface area contributed by atoms with Gasteiger partial charge in [0.05, 0.1) is 5.92 Å². The van der Waals surface area contributed by atoms with Crippen LogP contribution >= 0.6 is 0 Å². The zero-order valence-corrected chi connectivity index (χ0v) is 14.4. The molecule has 0 aromatic heterocycles. The minimum atomic E-state index is -0.409. The van der Waals surface area contributed by atoms with Gasteiger partial charge in [-0.1, -0.05) is 13.8 Å². The Bertz CT molecular complexity index is 631. The molecule has 1 unspecified atom stereocenters. The highest BCUT2D eigenvalue weighted by molar-refractivity contribution is 6.00. The zero-order valence-electron chi connectivity index (χ0n) is 14.4. The molecule has 1 aromatic carbocycles. The Hall–Kier alpha value is -1.95. The fraction of sp³-hybridized carbons (Fsp3) is 0.556. The topological polar surface area (TPSA) is 69.6 Å². The lowest BCUT2D eigenvalue weighted by atomic mass is 9.89. The SMILES string of the molecule is Cc1cc(N2CC(C(=O)NCC(C)(C)CCO)CC2=O)ccc1F. The molecule has 5 nitrogen and oxygen atoms in total. The third-order valence-corrected chi connectivity index (χ3v) is 4.48.